The second-order valence-corrected chi connectivity index (χ2v) is 5.72. The van der Waals surface area contributed by atoms with Crippen molar-refractivity contribution in [3.05, 3.63) is 53.7 Å². The summed E-state index contributed by atoms with van der Waals surface area (Å²) in [6.07, 6.45) is 4.50. The summed E-state index contributed by atoms with van der Waals surface area (Å²) in [5.41, 5.74) is 3.76. The zero-order chi connectivity index (χ0) is 14.7. The molecule has 1 aliphatic rings. The van der Waals surface area contributed by atoms with Gasteiger partial charge in [-0.2, -0.15) is 0 Å². The fourth-order valence-corrected chi connectivity index (χ4v) is 2.53. The Morgan fingerprint density at radius 1 is 1.19 bits per heavy atom. The van der Waals surface area contributed by atoms with E-state index >= 15 is 0 Å². The lowest BCUT2D eigenvalue weighted by Gasteiger charge is -2.25. The lowest BCUT2D eigenvalue weighted by atomic mass is 10.2. The summed E-state index contributed by atoms with van der Waals surface area (Å²) in [6, 6.07) is 13.6. The van der Waals surface area contributed by atoms with Crippen LogP contribution in [-0.4, -0.2) is 17.6 Å². The maximum atomic E-state index is 4.63. The quantitative estimate of drug-likeness (QED) is 0.873. The van der Waals surface area contributed by atoms with Crippen LogP contribution < -0.4 is 10.2 Å². The van der Waals surface area contributed by atoms with Gasteiger partial charge in [0.05, 0.1) is 0 Å². The van der Waals surface area contributed by atoms with Gasteiger partial charge in [-0.1, -0.05) is 23.8 Å². The minimum atomic E-state index is 0.715. The number of aryl methyl sites for hydroxylation is 1. The van der Waals surface area contributed by atoms with Crippen molar-refractivity contribution in [1.82, 2.24) is 10.3 Å². The summed E-state index contributed by atoms with van der Waals surface area (Å²) in [5.74, 6) is 1.07. The predicted molar refractivity (Wildman–Crippen MR) is 88.0 cm³/mol. The Hall–Kier alpha value is -1.87. The molecule has 1 aromatic heterocycles. The predicted octanol–water partition coefficient (Wildman–Crippen LogP) is 3.80. The molecular weight excluding hydrogens is 258 g/mol. The van der Waals surface area contributed by atoms with Crippen LogP contribution in [0.25, 0.3) is 0 Å². The third kappa shape index (κ3) is 3.42. The van der Waals surface area contributed by atoms with Crippen molar-refractivity contribution in [2.45, 2.75) is 39.3 Å². The number of rotatable bonds is 6. The largest absolute Gasteiger partial charge is 0.326 e. The Labute approximate surface area is 127 Å². The molecule has 1 heterocycles. The molecule has 0 spiro atoms. The molecule has 2 aromatic rings. The van der Waals surface area contributed by atoms with Gasteiger partial charge < -0.3 is 10.2 Å². The third-order valence-electron chi connectivity index (χ3n) is 3.94. The molecule has 1 N–H and O–H groups in total. The van der Waals surface area contributed by atoms with Crippen LogP contribution >= 0.6 is 0 Å². The molecule has 0 radical (unpaired) electrons. The minimum absolute atomic E-state index is 0.715. The minimum Gasteiger partial charge on any atom is -0.326 e. The number of anilines is 2. The molecule has 0 amide bonds. The Morgan fingerprint density at radius 2 is 1.95 bits per heavy atom. The van der Waals surface area contributed by atoms with Gasteiger partial charge in [-0.15, -0.1) is 0 Å². The first-order valence-corrected chi connectivity index (χ1v) is 7.79. The van der Waals surface area contributed by atoms with Crippen molar-refractivity contribution in [3.63, 3.8) is 0 Å². The second kappa shape index (κ2) is 6.27. The van der Waals surface area contributed by atoms with Gasteiger partial charge in [0.2, 0.25) is 0 Å². The van der Waals surface area contributed by atoms with Gasteiger partial charge in [0, 0.05) is 36.6 Å². The van der Waals surface area contributed by atoms with E-state index in [1.807, 2.05) is 12.3 Å². The second-order valence-electron chi connectivity index (χ2n) is 5.72. The van der Waals surface area contributed by atoms with E-state index in [0.717, 1.165) is 18.9 Å². The monoisotopic (exact) mass is 281 g/mol. The molecule has 0 aliphatic heterocycles. The summed E-state index contributed by atoms with van der Waals surface area (Å²) in [4.78, 5) is 6.91. The topological polar surface area (TPSA) is 28.2 Å². The average Bonchev–Trinajstić information content (AvgIpc) is 3.33. The molecule has 110 valence electrons. The van der Waals surface area contributed by atoms with Crippen LogP contribution in [0.2, 0.25) is 0 Å². The number of nitrogens with one attached hydrogen (secondary N) is 1. The summed E-state index contributed by atoms with van der Waals surface area (Å²) >= 11 is 0. The summed E-state index contributed by atoms with van der Waals surface area (Å²) in [7, 11) is 0. The molecule has 1 fully saturated rings. The van der Waals surface area contributed by atoms with E-state index in [4.69, 9.17) is 0 Å². The van der Waals surface area contributed by atoms with Crippen LogP contribution in [-0.2, 0) is 6.54 Å². The fraction of sp³-hybridized carbons (Fsp3) is 0.389. The van der Waals surface area contributed by atoms with Crippen LogP contribution in [0.5, 0.6) is 0 Å². The van der Waals surface area contributed by atoms with Crippen LogP contribution in [0, 0.1) is 6.92 Å². The van der Waals surface area contributed by atoms with E-state index in [0.29, 0.717) is 6.04 Å². The van der Waals surface area contributed by atoms with E-state index in [9.17, 15) is 0 Å². The van der Waals surface area contributed by atoms with Crippen LogP contribution in [0.1, 0.15) is 30.9 Å². The van der Waals surface area contributed by atoms with Gasteiger partial charge in [0.15, 0.2) is 0 Å². The fourth-order valence-electron chi connectivity index (χ4n) is 2.53. The molecule has 0 atom stereocenters. The number of pyridine rings is 1. The number of benzene rings is 1. The molecular formula is C18H23N3. The van der Waals surface area contributed by atoms with E-state index in [-0.39, 0.29) is 0 Å². The molecule has 0 bridgehead atoms. The first-order chi connectivity index (χ1) is 10.3. The molecule has 3 heteroatoms. The molecule has 3 nitrogen and oxygen atoms in total. The van der Waals surface area contributed by atoms with Crippen LogP contribution in [0.4, 0.5) is 11.5 Å². The smallest absolute Gasteiger partial charge is 0.137 e. The van der Waals surface area contributed by atoms with Crippen LogP contribution in [0.3, 0.4) is 0 Å². The Kier molecular flexibility index (Phi) is 4.20. The van der Waals surface area contributed by atoms with Crippen molar-refractivity contribution in [2.24, 2.45) is 0 Å². The maximum Gasteiger partial charge on any atom is 0.137 e. The standard InChI is InChI=1S/C18H23N3/c1-3-21(17-10-6-14(2)7-11-17)18-15(5-4-12-19-18)13-20-16-8-9-16/h4-7,10-12,16,20H,3,8-9,13H2,1-2H3. The molecule has 0 saturated heterocycles. The molecule has 1 aromatic carbocycles. The number of aromatic nitrogens is 1. The van der Waals surface area contributed by atoms with Gasteiger partial charge in [0.25, 0.3) is 0 Å². The van der Waals surface area contributed by atoms with Crippen molar-refractivity contribution in [3.8, 4) is 0 Å². The van der Waals surface area contributed by atoms with Crippen molar-refractivity contribution in [1.29, 1.82) is 0 Å². The highest BCUT2D eigenvalue weighted by molar-refractivity contribution is 5.63. The van der Waals surface area contributed by atoms with Gasteiger partial charge in [-0.3, -0.25) is 0 Å². The summed E-state index contributed by atoms with van der Waals surface area (Å²) < 4.78 is 0. The molecule has 1 aliphatic carbocycles. The SMILES string of the molecule is CCN(c1ccc(C)cc1)c1ncccc1CNC1CC1. The van der Waals surface area contributed by atoms with Crippen LogP contribution in [0.15, 0.2) is 42.6 Å². The lowest BCUT2D eigenvalue weighted by Crippen LogP contribution is -2.22. The Balaban J connectivity index is 1.86. The highest BCUT2D eigenvalue weighted by Gasteiger charge is 2.21. The van der Waals surface area contributed by atoms with Crippen molar-refractivity contribution < 1.29 is 0 Å². The van der Waals surface area contributed by atoms with E-state index in [2.05, 4.69) is 59.4 Å². The first kappa shape index (κ1) is 14.1. The van der Waals surface area contributed by atoms with Gasteiger partial charge in [0.1, 0.15) is 5.82 Å². The van der Waals surface area contributed by atoms with Crippen molar-refractivity contribution >= 4 is 11.5 Å². The van der Waals surface area contributed by atoms with E-state index in [1.165, 1.54) is 29.7 Å². The Morgan fingerprint density at radius 3 is 2.62 bits per heavy atom. The summed E-state index contributed by atoms with van der Waals surface area (Å²) in [5, 5.41) is 3.59. The van der Waals surface area contributed by atoms with Gasteiger partial charge in [-0.25, -0.2) is 4.98 Å². The van der Waals surface area contributed by atoms with E-state index in [1.54, 1.807) is 0 Å². The summed E-state index contributed by atoms with van der Waals surface area (Å²) in [6.45, 7) is 6.10. The third-order valence-corrected chi connectivity index (χ3v) is 3.94. The number of nitrogens with zero attached hydrogens (tertiary/aromatic N) is 2. The van der Waals surface area contributed by atoms with E-state index < -0.39 is 0 Å². The highest BCUT2D eigenvalue weighted by Crippen LogP contribution is 2.27. The van der Waals surface area contributed by atoms with Gasteiger partial charge in [-0.05, 0) is 44.9 Å². The molecule has 3 rings (SSSR count). The highest BCUT2D eigenvalue weighted by atomic mass is 15.2. The Bertz CT molecular complexity index is 588. The normalized spacial score (nSPS) is 14.2. The van der Waals surface area contributed by atoms with Gasteiger partial charge >= 0.3 is 0 Å². The number of hydrogen-bond donors (Lipinski definition) is 1. The lowest BCUT2D eigenvalue weighted by molar-refractivity contribution is 0.684. The maximum absolute atomic E-state index is 4.63. The van der Waals surface area contributed by atoms with Crippen molar-refractivity contribution in [2.75, 3.05) is 11.4 Å². The number of hydrogen-bond acceptors (Lipinski definition) is 3. The zero-order valence-corrected chi connectivity index (χ0v) is 12.8. The first-order valence-electron chi connectivity index (χ1n) is 7.79. The molecule has 21 heavy (non-hydrogen) atoms. The zero-order valence-electron chi connectivity index (χ0n) is 12.8. The molecule has 1 saturated carbocycles. The average molecular weight is 281 g/mol. The molecule has 0 unspecified atom stereocenters.